The number of benzene rings is 4. The molecule has 4 aromatic carbocycles. The van der Waals surface area contributed by atoms with Crippen LogP contribution in [0.1, 0.15) is 43.0 Å². The zero-order valence-corrected chi connectivity index (χ0v) is 43.4. The number of hydrogen-bond acceptors (Lipinski definition) is 11. The standard InChI is InChI=1S/C52H67N5O10Si2/c1-62-45-27-39-41(56(33-64-21-23-68(3,4)5)51(60)43-25-35-13-9-11-15-37(35)31-54(43)49(39)58)29-47(45)66-19-17-53-18-20-67-48-30-42-40(28-46(48)63-2)50(59)55-32-38-16-12-10-14-36(38)26-44(55)52(61)57(42)34-65-22-24-69(6,7)8/h9-16,27-30,43-44,53H,17-26,31-34H2,1-8H3/t43-,44-/m0/s1. The Morgan fingerprint density at radius 3 is 1.30 bits per heavy atom. The summed E-state index contributed by atoms with van der Waals surface area (Å²) in [6.45, 7) is 16.6. The highest BCUT2D eigenvalue weighted by molar-refractivity contribution is 6.76. The van der Waals surface area contributed by atoms with Gasteiger partial charge in [-0.15, -0.1) is 0 Å². The van der Waals surface area contributed by atoms with E-state index in [-0.39, 0.29) is 50.3 Å². The average Bonchev–Trinajstić information content (AvgIpc) is 3.45. The minimum Gasteiger partial charge on any atom is -0.493 e. The van der Waals surface area contributed by atoms with Crippen LogP contribution in [0, 0.1) is 0 Å². The predicted molar refractivity (Wildman–Crippen MR) is 270 cm³/mol. The monoisotopic (exact) mass is 977 g/mol. The Morgan fingerprint density at radius 1 is 0.536 bits per heavy atom. The third-order valence-corrected chi connectivity index (χ3v) is 16.6. The van der Waals surface area contributed by atoms with E-state index < -0.39 is 28.2 Å². The number of methoxy groups -OCH3 is 2. The second-order valence-electron chi connectivity index (χ2n) is 20.6. The van der Waals surface area contributed by atoms with Crippen LogP contribution in [0.4, 0.5) is 11.4 Å². The maximum atomic E-state index is 14.5. The molecule has 2 atom stereocenters. The number of rotatable bonds is 20. The molecular weight excluding hydrogens is 911 g/mol. The Bertz CT molecular complexity index is 2390. The number of nitrogens with zero attached hydrogens (tertiary/aromatic N) is 4. The fraction of sp³-hybridized carbons (Fsp3) is 0.462. The quantitative estimate of drug-likeness (QED) is 0.0708. The van der Waals surface area contributed by atoms with Gasteiger partial charge in [0.1, 0.15) is 38.8 Å². The van der Waals surface area contributed by atoms with Gasteiger partial charge in [0, 0.05) is 80.5 Å². The van der Waals surface area contributed by atoms with Gasteiger partial charge < -0.3 is 43.5 Å². The van der Waals surface area contributed by atoms with Crippen LogP contribution < -0.4 is 34.1 Å². The van der Waals surface area contributed by atoms with E-state index in [4.69, 9.17) is 28.4 Å². The summed E-state index contributed by atoms with van der Waals surface area (Å²) in [4.78, 5) is 64.2. The lowest BCUT2D eigenvalue weighted by Crippen LogP contribution is -2.51. The van der Waals surface area contributed by atoms with Crippen LogP contribution >= 0.6 is 0 Å². The van der Waals surface area contributed by atoms with E-state index in [1.807, 2.05) is 48.5 Å². The van der Waals surface area contributed by atoms with E-state index in [9.17, 15) is 19.2 Å². The van der Waals surface area contributed by atoms with Gasteiger partial charge in [0.25, 0.3) is 23.6 Å². The topological polar surface area (TPSA) is 149 Å². The molecule has 4 aliphatic rings. The maximum Gasteiger partial charge on any atom is 0.257 e. The van der Waals surface area contributed by atoms with E-state index in [0.29, 0.717) is 97.7 Å². The molecule has 69 heavy (non-hydrogen) atoms. The lowest BCUT2D eigenvalue weighted by atomic mass is 9.93. The first-order chi connectivity index (χ1) is 33.0. The van der Waals surface area contributed by atoms with Crippen molar-refractivity contribution in [1.29, 1.82) is 0 Å². The minimum absolute atomic E-state index is 0.00278. The summed E-state index contributed by atoms with van der Waals surface area (Å²) in [5.74, 6) is 0.612. The van der Waals surface area contributed by atoms with Crippen molar-refractivity contribution in [3.05, 3.63) is 106 Å². The molecule has 15 nitrogen and oxygen atoms in total. The van der Waals surface area contributed by atoms with Gasteiger partial charge in [-0.05, 0) is 46.5 Å². The fourth-order valence-corrected chi connectivity index (χ4v) is 10.7. The molecule has 1 N–H and O–H groups in total. The Hall–Kier alpha value is -5.73. The molecule has 17 heteroatoms. The summed E-state index contributed by atoms with van der Waals surface area (Å²) in [5.41, 5.74) is 5.69. The molecule has 0 spiro atoms. The lowest BCUT2D eigenvalue weighted by Gasteiger charge is -2.35. The van der Waals surface area contributed by atoms with Gasteiger partial charge in [0.2, 0.25) is 0 Å². The van der Waals surface area contributed by atoms with E-state index >= 15 is 0 Å². The SMILES string of the molecule is COc1cc2c(cc1OCCNCCOc1cc3c(cc1OC)C(=O)N1Cc4ccccc4C[C@H]1C(=O)N3COCC[Si](C)(C)C)N(COCC[Si](C)(C)C)C(=O)[C@@H]1Cc3ccccc3CN1C2=O. The first-order valence-corrected chi connectivity index (χ1v) is 31.4. The molecule has 0 radical (unpaired) electrons. The molecule has 0 aliphatic carbocycles. The molecule has 0 bridgehead atoms. The van der Waals surface area contributed by atoms with Crippen molar-refractivity contribution < 1.29 is 47.6 Å². The van der Waals surface area contributed by atoms with E-state index in [0.717, 1.165) is 34.3 Å². The van der Waals surface area contributed by atoms with Gasteiger partial charge in [-0.1, -0.05) is 87.8 Å². The molecule has 0 fully saturated rings. The summed E-state index contributed by atoms with van der Waals surface area (Å²) in [7, 11) is 0.247. The third kappa shape index (κ3) is 11.2. The molecule has 4 aliphatic heterocycles. The highest BCUT2D eigenvalue weighted by Crippen LogP contribution is 2.42. The van der Waals surface area contributed by atoms with E-state index in [1.54, 1.807) is 43.9 Å². The number of nitrogens with one attached hydrogen (secondary N) is 1. The second kappa shape index (κ2) is 21.1. The second-order valence-corrected chi connectivity index (χ2v) is 31.8. The summed E-state index contributed by atoms with van der Waals surface area (Å²) < 4.78 is 36.5. The van der Waals surface area contributed by atoms with Gasteiger partial charge in [-0.3, -0.25) is 29.0 Å². The molecule has 4 aromatic rings. The highest BCUT2D eigenvalue weighted by Gasteiger charge is 2.45. The molecule has 0 unspecified atom stereocenters. The van der Waals surface area contributed by atoms with Crippen LogP contribution in [0.15, 0.2) is 72.8 Å². The van der Waals surface area contributed by atoms with Gasteiger partial charge in [-0.2, -0.15) is 0 Å². The molecule has 0 aromatic heterocycles. The number of carbonyl (C=O) groups is 4. The number of amides is 4. The molecule has 0 saturated heterocycles. The Labute approximate surface area is 407 Å². The van der Waals surface area contributed by atoms with Crippen LogP contribution in [-0.2, 0) is 45.0 Å². The Balaban J connectivity index is 0.945. The van der Waals surface area contributed by atoms with E-state index in [1.165, 1.54) is 14.2 Å². The fourth-order valence-electron chi connectivity index (χ4n) is 9.18. The summed E-state index contributed by atoms with van der Waals surface area (Å²) in [6.07, 6.45) is 0.825. The summed E-state index contributed by atoms with van der Waals surface area (Å²) in [5, 5.41) is 3.35. The minimum atomic E-state index is -1.41. The van der Waals surface area contributed by atoms with Gasteiger partial charge in [0.05, 0.1) is 36.7 Å². The molecule has 368 valence electrons. The van der Waals surface area contributed by atoms with Crippen molar-refractivity contribution in [3.63, 3.8) is 0 Å². The van der Waals surface area contributed by atoms with Crippen LogP contribution in [0.25, 0.3) is 0 Å². The molecule has 0 saturated carbocycles. The maximum absolute atomic E-state index is 14.5. The van der Waals surface area contributed by atoms with Gasteiger partial charge in [0.15, 0.2) is 23.0 Å². The molecule has 4 heterocycles. The van der Waals surface area contributed by atoms with Crippen molar-refractivity contribution in [3.8, 4) is 23.0 Å². The summed E-state index contributed by atoms with van der Waals surface area (Å²) >= 11 is 0. The Morgan fingerprint density at radius 2 is 0.928 bits per heavy atom. The van der Waals surface area contributed by atoms with Crippen LogP contribution in [-0.4, -0.2) is 129 Å². The zero-order chi connectivity index (χ0) is 49.0. The van der Waals surface area contributed by atoms with Crippen LogP contribution in [0.2, 0.25) is 51.4 Å². The van der Waals surface area contributed by atoms with Gasteiger partial charge >= 0.3 is 0 Å². The first kappa shape index (κ1) is 49.7. The smallest absolute Gasteiger partial charge is 0.257 e. The molecule has 4 amide bonds. The first-order valence-electron chi connectivity index (χ1n) is 24.0. The lowest BCUT2D eigenvalue weighted by molar-refractivity contribution is -0.125. The van der Waals surface area contributed by atoms with E-state index in [2.05, 4.69) is 44.6 Å². The van der Waals surface area contributed by atoms with Crippen molar-refractivity contribution in [2.24, 2.45) is 0 Å². The van der Waals surface area contributed by atoms with Crippen molar-refractivity contribution in [2.45, 2.75) is 89.4 Å². The Kier molecular flexibility index (Phi) is 15.2. The van der Waals surface area contributed by atoms with Crippen molar-refractivity contribution in [2.75, 3.05) is 77.0 Å². The third-order valence-electron chi connectivity index (χ3n) is 13.2. The number of hydrogen-bond donors (Lipinski definition) is 1. The molecule has 8 rings (SSSR count). The normalized spacial score (nSPS) is 17.8. The number of carbonyl (C=O) groups excluding carboxylic acids is 4. The largest absolute Gasteiger partial charge is 0.493 e. The van der Waals surface area contributed by atoms with Gasteiger partial charge in [-0.25, -0.2) is 0 Å². The molecular formula is C52H67N5O10Si2. The highest BCUT2D eigenvalue weighted by atomic mass is 28.3. The number of ether oxygens (including phenoxy) is 6. The van der Waals surface area contributed by atoms with Crippen LogP contribution in [0.3, 0.4) is 0 Å². The predicted octanol–water partition coefficient (Wildman–Crippen LogP) is 7.20. The number of fused-ring (bicyclic) bond motifs is 6. The van der Waals surface area contributed by atoms with Crippen LogP contribution in [0.5, 0.6) is 23.0 Å². The average molecular weight is 978 g/mol. The zero-order valence-electron chi connectivity index (χ0n) is 41.4. The van der Waals surface area contributed by atoms with Crippen molar-refractivity contribution >= 4 is 51.2 Å². The summed E-state index contributed by atoms with van der Waals surface area (Å²) in [6, 6.07) is 23.1. The van der Waals surface area contributed by atoms with Crippen molar-refractivity contribution in [1.82, 2.24) is 15.1 Å². The number of anilines is 2.